The summed E-state index contributed by atoms with van der Waals surface area (Å²) in [5.74, 6) is -0.827. The third kappa shape index (κ3) is 3.76. The predicted octanol–water partition coefficient (Wildman–Crippen LogP) is 3.78. The Hall–Kier alpha value is -1.94. The average molecular weight is 273 g/mol. The molecule has 0 bridgehead atoms. The summed E-state index contributed by atoms with van der Waals surface area (Å²) in [6.45, 7) is 0. The van der Waals surface area contributed by atoms with E-state index in [0.29, 0.717) is 0 Å². The molecule has 2 N–H and O–H groups in total. The van der Waals surface area contributed by atoms with Gasteiger partial charge in [0.05, 0.1) is 6.42 Å². The summed E-state index contributed by atoms with van der Waals surface area (Å²) >= 11 is 1.67. The molecule has 0 spiro atoms. The SMILES string of the molecule is CSc1cccc(Nc2ccccc2CC(=O)O)c1. The highest BCUT2D eigenvalue weighted by Gasteiger charge is 2.06. The zero-order chi connectivity index (χ0) is 13.7. The number of para-hydroxylation sites is 1. The van der Waals surface area contributed by atoms with Crippen molar-refractivity contribution in [1.29, 1.82) is 0 Å². The highest BCUT2D eigenvalue weighted by molar-refractivity contribution is 7.98. The van der Waals surface area contributed by atoms with E-state index in [-0.39, 0.29) is 6.42 Å². The fourth-order valence-electron chi connectivity index (χ4n) is 1.82. The monoisotopic (exact) mass is 273 g/mol. The summed E-state index contributed by atoms with van der Waals surface area (Å²) < 4.78 is 0. The summed E-state index contributed by atoms with van der Waals surface area (Å²) in [6, 6.07) is 15.5. The normalized spacial score (nSPS) is 10.2. The second kappa shape index (κ2) is 6.29. The van der Waals surface area contributed by atoms with Crippen molar-refractivity contribution >= 4 is 29.1 Å². The maximum absolute atomic E-state index is 10.8. The highest BCUT2D eigenvalue weighted by Crippen LogP contribution is 2.24. The Bertz CT molecular complexity index is 584. The molecule has 0 aliphatic heterocycles. The van der Waals surface area contributed by atoms with Crippen molar-refractivity contribution in [1.82, 2.24) is 0 Å². The van der Waals surface area contributed by atoms with Gasteiger partial charge in [0.2, 0.25) is 0 Å². The molecule has 2 aromatic carbocycles. The molecule has 2 aromatic rings. The van der Waals surface area contributed by atoms with Crippen LogP contribution in [0.1, 0.15) is 5.56 Å². The zero-order valence-corrected chi connectivity index (χ0v) is 11.4. The number of rotatable bonds is 5. The summed E-state index contributed by atoms with van der Waals surface area (Å²) in [6.07, 6.45) is 2.04. The van der Waals surface area contributed by atoms with E-state index in [2.05, 4.69) is 5.32 Å². The zero-order valence-electron chi connectivity index (χ0n) is 10.6. The van der Waals surface area contributed by atoms with Crippen molar-refractivity contribution in [3.05, 3.63) is 54.1 Å². The van der Waals surface area contributed by atoms with Gasteiger partial charge in [-0.1, -0.05) is 24.3 Å². The van der Waals surface area contributed by atoms with Gasteiger partial charge in [-0.25, -0.2) is 0 Å². The van der Waals surface area contributed by atoms with Crippen LogP contribution in [0.5, 0.6) is 0 Å². The van der Waals surface area contributed by atoms with Crippen molar-refractivity contribution in [2.24, 2.45) is 0 Å². The quantitative estimate of drug-likeness (QED) is 0.814. The van der Waals surface area contributed by atoms with Crippen LogP contribution in [0.25, 0.3) is 0 Å². The molecular formula is C15H15NO2S. The summed E-state index contributed by atoms with van der Waals surface area (Å²) in [4.78, 5) is 12.0. The third-order valence-electron chi connectivity index (χ3n) is 2.71. The Balaban J connectivity index is 2.24. The molecule has 19 heavy (non-hydrogen) atoms. The number of carboxylic acid groups (broad SMARTS) is 1. The number of benzene rings is 2. The molecule has 2 rings (SSSR count). The summed E-state index contributed by atoms with van der Waals surface area (Å²) in [7, 11) is 0. The highest BCUT2D eigenvalue weighted by atomic mass is 32.2. The number of thioether (sulfide) groups is 1. The second-order valence-electron chi connectivity index (χ2n) is 4.08. The summed E-state index contributed by atoms with van der Waals surface area (Å²) in [5.41, 5.74) is 2.58. The van der Waals surface area contributed by atoms with Crippen molar-refractivity contribution in [3.8, 4) is 0 Å². The molecule has 0 fully saturated rings. The fourth-order valence-corrected chi connectivity index (χ4v) is 2.28. The van der Waals surface area contributed by atoms with Crippen LogP contribution in [0.4, 0.5) is 11.4 Å². The number of nitrogens with one attached hydrogen (secondary N) is 1. The standard InChI is InChI=1S/C15H15NO2S/c1-19-13-7-4-6-12(10-13)16-14-8-3-2-5-11(14)9-15(17)18/h2-8,10,16H,9H2,1H3,(H,17,18). The van der Waals surface area contributed by atoms with E-state index in [1.807, 2.05) is 54.8 Å². The van der Waals surface area contributed by atoms with E-state index in [1.54, 1.807) is 11.8 Å². The fraction of sp³-hybridized carbons (Fsp3) is 0.133. The summed E-state index contributed by atoms with van der Waals surface area (Å²) in [5, 5.41) is 12.2. The largest absolute Gasteiger partial charge is 0.481 e. The van der Waals surface area contributed by atoms with E-state index in [1.165, 1.54) is 4.90 Å². The lowest BCUT2D eigenvalue weighted by molar-refractivity contribution is -0.136. The Labute approximate surface area is 116 Å². The second-order valence-corrected chi connectivity index (χ2v) is 4.96. The van der Waals surface area contributed by atoms with Crippen LogP contribution in [-0.4, -0.2) is 17.3 Å². The first-order valence-electron chi connectivity index (χ1n) is 5.90. The van der Waals surface area contributed by atoms with Gasteiger partial charge in [0.15, 0.2) is 0 Å². The molecular weight excluding hydrogens is 258 g/mol. The van der Waals surface area contributed by atoms with Gasteiger partial charge < -0.3 is 10.4 Å². The molecule has 3 nitrogen and oxygen atoms in total. The number of carbonyl (C=O) groups is 1. The Kier molecular flexibility index (Phi) is 4.47. The molecule has 0 amide bonds. The van der Waals surface area contributed by atoms with Crippen LogP contribution < -0.4 is 5.32 Å². The number of hydrogen-bond acceptors (Lipinski definition) is 3. The minimum Gasteiger partial charge on any atom is -0.481 e. The lowest BCUT2D eigenvalue weighted by atomic mass is 10.1. The number of aliphatic carboxylic acids is 1. The predicted molar refractivity (Wildman–Crippen MR) is 79.3 cm³/mol. The van der Waals surface area contributed by atoms with Gasteiger partial charge in [0, 0.05) is 16.3 Å². The molecule has 4 heteroatoms. The molecule has 0 aliphatic carbocycles. The van der Waals surface area contributed by atoms with Crippen LogP contribution in [-0.2, 0) is 11.2 Å². The topological polar surface area (TPSA) is 49.3 Å². The molecule has 0 radical (unpaired) electrons. The Morgan fingerprint density at radius 1 is 1.21 bits per heavy atom. The van der Waals surface area contributed by atoms with Crippen molar-refractivity contribution in [3.63, 3.8) is 0 Å². The maximum Gasteiger partial charge on any atom is 0.307 e. The van der Waals surface area contributed by atoms with E-state index in [4.69, 9.17) is 5.11 Å². The van der Waals surface area contributed by atoms with E-state index < -0.39 is 5.97 Å². The van der Waals surface area contributed by atoms with Gasteiger partial charge in [-0.3, -0.25) is 4.79 Å². The first-order chi connectivity index (χ1) is 9.19. The molecule has 0 atom stereocenters. The van der Waals surface area contributed by atoms with Crippen molar-refractivity contribution in [2.45, 2.75) is 11.3 Å². The molecule has 0 unspecified atom stereocenters. The van der Waals surface area contributed by atoms with Crippen LogP contribution in [0.15, 0.2) is 53.4 Å². The van der Waals surface area contributed by atoms with Gasteiger partial charge in [0.25, 0.3) is 0 Å². The maximum atomic E-state index is 10.8. The van der Waals surface area contributed by atoms with E-state index in [9.17, 15) is 4.79 Å². The van der Waals surface area contributed by atoms with E-state index >= 15 is 0 Å². The average Bonchev–Trinajstić information content (AvgIpc) is 2.41. The van der Waals surface area contributed by atoms with Crippen molar-refractivity contribution < 1.29 is 9.90 Å². The number of anilines is 2. The molecule has 0 heterocycles. The Morgan fingerprint density at radius 2 is 2.00 bits per heavy atom. The van der Waals surface area contributed by atoms with Crippen LogP contribution >= 0.6 is 11.8 Å². The molecule has 0 saturated heterocycles. The smallest absolute Gasteiger partial charge is 0.307 e. The van der Waals surface area contributed by atoms with Gasteiger partial charge in [-0.2, -0.15) is 0 Å². The third-order valence-corrected chi connectivity index (χ3v) is 3.43. The first-order valence-corrected chi connectivity index (χ1v) is 7.12. The van der Waals surface area contributed by atoms with E-state index in [0.717, 1.165) is 16.9 Å². The lowest BCUT2D eigenvalue weighted by Crippen LogP contribution is -2.03. The molecule has 98 valence electrons. The first kappa shape index (κ1) is 13.5. The van der Waals surface area contributed by atoms with Crippen LogP contribution in [0.2, 0.25) is 0 Å². The van der Waals surface area contributed by atoms with Gasteiger partial charge in [-0.05, 0) is 36.1 Å². The minimum absolute atomic E-state index is 0.0192. The molecule has 0 saturated carbocycles. The van der Waals surface area contributed by atoms with Crippen LogP contribution in [0, 0.1) is 0 Å². The number of hydrogen-bond donors (Lipinski definition) is 2. The van der Waals surface area contributed by atoms with Crippen molar-refractivity contribution in [2.75, 3.05) is 11.6 Å². The van der Waals surface area contributed by atoms with Gasteiger partial charge in [0.1, 0.15) is 0 Å². The van der Waals surface area contributed by atoms with Gasteiger partial charge >= 0.3 is 5.97 Å². The minimum atomic E-state index is -0.827. The van der Waals surface area contributed by atoms with Crippen LogP contribution in [0.3, 0.4) is 0 Å². The number of carboxylic acids is 1. The molecule has 0 aromatic heterocycles. The Morgan fingerprint density at radius 3 is 2.74 bits per heavy atom. The van der Waals surface area contributed by atoms with Gasteiger partial charge in [-0.15, -0.1) is 11.8 Å². The molecule has 0 aliphatic rings. The lowest BCUT2D eigenvalue weighted by Gasteiger charge is -2.11.